The first-order valence-corrected chi connectivity index (χ1v) is 17.9. The molecule has 4 unspecified atom stereocenters. The van der Waals surface area contributed by atoms with Gasteiger partial charge < -0.3 is 55.8 Å². The first kappa shape index (κ1) is 36.4. The Labute approximate surface area is 267 Å². The molecule has 0 spiro atoms. The van der Waals surface area contributed by atoms with Crippen LogP contribution in [-0.4, -0.2) is 110 Å². The summed E-state index contributed by atoms with van der Waals surface area (Å²) in [6, 6.07) is 2.79. The number of nitrogen functional groups attached to an aromatic ring is 1. The summed E-state index contributed by atoms with van der Waals surface area (Å²) in [5, 5.41) is 31.5. The Morgan fingerprint density at radius 1 is 0.958 bits per heavy atom. The van der Waals surface area contributed by atoms with Crippen LogP contribution in [0.3, 0.4) is 0 Å². The highest BCUT2D eigenvalue weighted by molar-refractivity contribution is 7.61. The van der Waals surface area contributed by atoms with E-state index in [0.717, 1.165) is 17.2 Å². The number of fused-ring (bicyclic) bond motifs is 1. The molecule has 264 valence electrons. The van der Waals surface area contributed by atoms with Crippen LogP contribution in [0, 0.1) is 0 Å². The third kappa shape index (κ3) is 8.12. The van der Waals surface area contributed by atoms with Gasteiger partial charge in [0.25, 0.3) is 12.1 Å². The number of phosphoric acid groups is 3. The zero-order valence-corrected chi connectivity index (χ0v) is 26.6. The monoisotopic (exact) mass is 744 g/mol. The van der Waals surface area contributed by atoms with Crippen molar-refractivity contribution in [1.29, 1.82) is 0 Å². The average molecular weight is 744 g/mol. The minimum absolute atomic E-state index is 0.00286. The van der Waals surface area contributed by atoms with E-state index in [1.54, 1.807) is 0 Å². The summed E-state index contributed by atoms with van der Waals surface area (Å²) in [4.78, 5) is 62.2. The molecule has 2 saturated heterocycles. The molecule has 5 rings (SSSR count). The van der Waals surface area contributed by atoms with Crippen molar-refractivity contribution >= 4 is 46.4 Å². The molecule has 0 saturated carbocycles. The lowest BCUT2D eigenvalue weighted by molar-refractivity contribution is -0.765. The summed E-state index contributed by atoms with van der Waals surface area (Å²) in [7, 11) is -16.3. The lowest BCUT2D eigenvalue weighted by Crippen LogP contribution is -2.46. The van der Waals surface area contributed by atoms with Crippen molar-refractivity contribution in [3.8, 4) is 0 Å². The predicted octanol–water partition coefficient (Wildman–Crippen LogP) is -2.90. The number of pyridine rings is 1. The number of hydrogen-bond acceptors (Lipinski definition) is 17. The van der Waals surface area contributed by atoms with Gasteiger partial charge in [0.2, 0.25) is 0 Å². The molecule has 3 aromatic heterocycles. The zero-order valence-electron chi connectivity index (χ0n) is 23.9. The summed E-state index contributed by atoms with van der Waals surface area (Å²) >= 11 is 0. The van der Waals surface area contributed by atoms with Crippen molar-refractivity contribution in [2.45, 2.75) is 49.1 Å². The lowest BCUT2D eigenvalue weighted by Gasteiger charge is -2.22. The Bertz CT molecular complexity index is 1810. The number of anilines is 1. The highest BCUT2D eigenvalue weighted by atomic mass is 31.3. The number of phosphoric ester groups is 3. The molecule has 3 aromatic rings. The van der Waals surface area contributed by atoms with Crippen LogP contribution in [0.5, 0.6) is 0 Å². The minimum Gasteiger partial charge on any atom is -0.387 e. The van der Waals surface area contributed by atoms with Gasteiger partial charge in [0.1, 0.15) is 47.9 Å². The number of aromatic nitrogens is 5. The van der Waals surface area contributed by atoms with Gasteiger partial charge in [-0.3, -0.25) is 22.9 Å². The quantitative estimate of drug-likeness (QED) is 0.0626. The van der Waals surface area contributed by atoms with Gasteiger partial charge in [0, 0.05) is 6.07 Å². The highest BCUT2D eigenvalue weighted by Gasteiger charge is 2.51. The normalized spacial score (nSPS) is 30.3. The molecule has 48 heavy (non-hydrogen) atoms. The van der Waals surface area contributed by atoms with Crippen molar-refractivity contribution in [3.63, 3.8) is 0 Å². The summed E-state index contributed by atoms with van der Waals surface area (Å²) < 4.78 is 68.4. The number of aliphatic hydroxyl groups excluding tert-OH is 3. The van der Waals surface area contributed by atoms with Crippen molar-refractivity contribution in [1.82, 2.24) is 19.5 Å². The fourth-order valence-corrected chi connectivity index (χ4v) is 7.47. The van der Waals surface area contributed by atoms with Gasteiger partial charge in [-0.25, -0.2) is 28.6 Å². The Hall–Kier alpha value is -2.86. The van der Waals surface area contributed by atoms with E-state index in [0.29, 0.717) is 0 Å². The Kier molecular flexibility index (Phi) is 10.5. The van der Waals surface area contributed by atoms with Crippen LogP contribution in [0.25, 0.3) is 11.2 Å². The highest BCUT2D eigenvalue weighted by Crippen LogP contribution is 2.61. The SMILES string of the molecule is NC(=O)c1ccc[n+]([C@@H]2O[C@H](COP(=O)(O)OP(=O)(O)OC[C@H]3O[C@@H](n4cnc5c(N)ncnc54)C(OP(=O)(O)O)[C@H]3O)C(O)[C@@H]2O)c1. The first-order valence-electron chi connectivity index (χ1n) is 13.3. The number of rotatable bonds is 13. The number of nitrogens with zero attached hydrogens (tertiary/aromatic N) is 5. The number of hydrogen-bond donors (Lipinski definition) is 9. The van der Waals surface area contributed by atoms with Gasteiger partial charge in [-0.15, -0.1) is 0 Å². The van der Waals surface area contributed by atoms with E-state index in [1.165, 1.54) is 29.1 Å². The smallest absolute Gasteiger partial charge is 0.387 e. The Morgan fingerprint density at radius 2 is 1.60 bits per heavy atom. The third-order valence-corrected chi connectivity index (χ3v) is 10.1. The van der Waals surface area contributed by atoms with Crippen LogP contribution in [0.15, 0.2) is 37.2 Å². The second-order valence-corrected chi connectivity index (χ2v) is 14.5. The molecule has 27 heteroatoms. The van der Waals surface area contributed by atoms with E-state index in [9.17, 15) is 53.4 Å². The van der Waals surface area contributed by atoms with E-state index in [-0.39, 0.29) is 22.5 Å². The zero-order chi connectivity index (χ0) is 35.2. The molecule has 0 radical (unpaired) electrons. The topological polar surface area (TPSA) is 365 Å². The molecule has 2 aliphatic rings. The first-order chi connectivity index (χ1) is 22.4. The molecule has 5 heterocycles. The second-order valence-electron chi connectivity index (χ2n) is 10.3. The predicted molar refractivity (Wildman–Crippen MR) is 150 cm³/mol. The molecule has 2 aliphatic heterocycles. The maximum atomic E-state index is 12.6. The Balaban J connectivity index is 1.21. The molecule has 0 aliphatic carbocycles. The van der Waals surface area contributed by atoms with Gasteiger partial charge in [-0.05, 0) is 6.07 Å². The standard InChI is InChI=1S/C21H28N7O17P3/c22-17-12-19(25-7-24-17)28(8-26-12)21-16(44-46(33,34)35)14(30)11(43-21)6-41-48(38,39)45-47(36,37)40-5-10-13(29)15(31)20(42-10)27-3-1-2-9(4-27)18(23)32/h1-4,7-8,10-11,13-16,20-21,29-31H,5-6H2,(H7-,22,23,24,25,32,33,34,35,36,37,38,39)/p+1/t10-,11-,13?,14+,15+,16?,20-,21-/m1/s1. The number of amides is 1. The van der Waals surface area contributed by atoms with Crippen LogP contribution in [0.2, 0.25) is 0 Å². The van der Waals surface area contributed by atoms with Gasteiger partial charge in [-0.2, -0.15) is 8.88 Å². The van der Waals surface area contributed by atoms with Gasteiger partial charge in [0.15, 0.2) is 36.2 Å². The fourth-order valence-electron chi connectivity index (χ4n) is 4.83. The number of ether oxygens (including phenoxy) is 2. The van der Waals surface area contributed by atoms with Crippen LogP contribution < -0.4 is 16.0 Å². The van der Waals surface area contributed by atoms with Crippen LogP contribution in [0.1, 0.15) is 22.8 Å². The van der Waals surface area contributed by atoms with E-state index >= 15 is 0 Å². The largest absolute Gasteiger partial charge is 0.481 e. The number of carbonyl (C=O) groups excluding carboxylic acids is 1. The summed E-state index contributed by atoms with van der Waals surface area (Å²) in [5.41, 5.74) is 11.1. The molecule has 0 aromatic carbocycles. The summed E-state index contributed by atoms with van der Waals surface area (Å²) in [5.74, 6) is -0.848. The molecule has 1 amide bonds. The second kappa shape index (κ2) is 13.8. The van der Waals surface area contributed by atoms with Crippen LogP contribution in [-0.2, 0) is 41.1 Å². The Morgan fingerprint density at radius 3 is 2.23 bits per heavy atom. The van der Waals surface area contributed by atoms with E-state index in [1.807, 2.05) is 0 Å². The molecular formula is C21H29N7O17P3+. The fraction of sp³-hybridized carbons (Fsp3) is 0.476. The molecule has 10 atom stereocenters. The van der Waals surface area contributed by atoms with Gasteiger partial charge in [0.05, 0.1) is 19.5 Å². The maximum Gasteiger partial charge on any atom is 0.481 e. The van der Waals surface area contributed by atoms with Crippen molar-refractivity contribution in [3.05, 3.63) is 42.7 Å². The number of nitrogens with two attached hydrogens (primary N) is 2. The lowest BCUT2D eigenvalue weighted by atomic mass is 10.1. The van der Waals surface area contributed by atoms with E-state index in [2.05, 4.69) is 23.8 Å². The van der Waals surface area contributed by atoms with Gasteiger partial charge >= 0.3 is 23.5 Å². The maximum absolute atomic E-state index is 12.6. The number of primary amides is 1. The molecular weight excluding hydrogens is 715 g/mol. The van der Waals surface area contributed by atoms with Crippen molar-refractivity contribution in [2.75, 3.05) is 18.9 Å². The number of imidazole rings is 1. The number of carbonyl (C=O) groups is 1. The van der Waals surface area contributed by atoms with Crippen LogP contribution in [0.4, 0.5) is 5.82 Å². The molecule has 11 N–H and O–H groups in total. The van der Waals surface area contributed by atoms with Gasteiger partial charge in [-0.1, -0.05) is 0 Å². The van der Waals surface area contributed by atoms with Crippen molar-refractivity contribution in [2.24, 2.45) is 5.73 Å². The molecule has 2 fully saturated rings. The molecule has 24 nitrogen and oxygen atoms in total. The summed E-state index contributed by atoms with van der Waals surface area (Å²) in [6.07, 6.45) is -8.39. The molecule has 0 bridgehead atoms. The van der Waals surface area contributed by atoms with Crippen molar-refractivity contribution < 1.29 is 85.3 Å². The van der Waals surface area contributed by atoms with Crippen LogP contribution >= 0.6 is 23.5 Å². The average Bonchev–Trinajstić information content (AvgIpc) is 3.64. The summed E-state index contributed by atoms with van der Waals surface area (Å²) in [6.45, 7) is -2.03. The van der Waals surface area contributed by atoms with E-state index < -0.39 is 91.7 Å². The minimum atomic E-state index is -5.52. The van der Waals surface area contributed by atoms with E-state index in [4.69, 9.17) is 30.0 Å². The third-order valence-electron chi connectivity index (χ3n) is 6.98. The number of aliphatic hydroxyl groups is 3.